The van der Waals surface area contributed by atoms with Gasteiger partial charge in [-0.3, -0.25) is 4.72 Å². The second-order valence-electron chi connectivity index (χ2n) is 11.3. The van der Waals surface area contributed by atoms with Crippen LogP contribution >= 0.6 is 11.9 Å². The van der Waals surface area contributed by atoms with E-state index in [0.717, 1.165) is 30.8 Å². The first-order valence-corrected chi connectivity index (χ1v) is 13.2. The second kappa shape index (κ2) is 13.3. The number of hydrogen-bond acceptors (Lipinski definition) is 8. The van der Waals surface area contributed by atoms with Crippen molar-refractivity contribution in [2.45, 2.75) is 77.3 Å². The predicted octanol–water partition coefficient (Wildman–Crippen LogP) is 5.92. The van der Waals surface area contributed by atoms with Gasteiger partial charge in [-0.05, 0) is 77.3 Å². The normalized spacial score (nSPS) is 15.0. The SMILES string of the molecule is CC(C)C1CCN(c2nc(NC(C)(C)CO)cnc2O[N-]c2cccc(SNC(C)(C)C)c2)CC1.[W]. The van der Waals surface area contributed by atoms with Gasteiger partial charge in [0.15, 0.2) is 5.82 Å². The summed E-state index contributed by atoms with van der Waals surface area (Å²) < 4.78 is 3.41. The number of piperidine rings is 1. The van der Waals surface area contributed by atoms with Crippen LogP contribution in [0.4, 0.5) is 17.3 Å². The first kappa shape index (κ1) is 30.7. The molecule has 3 rings (SSSR count). The second-order valence-corrected chi connectivity index (χ2v) is 12.1. The molecule has 10 heteroatoms. The Morgan fingerprint density at radius 1 is 1.19 bits per heavy atom. The van der Waals surface area contributed by atoms with Gasteiger partial charge in [-0.15, -0.1) is 5.69 Å². The van der Waals surface area contributed by atoms with Crippen molar-refractivity contribution in [2.75, 3.05) is 29.9 Å². The van der Waals surface area contributed by atoms with Crippen molar-refractivity contribution in [1.82, 2.24) is 14.7 Å². The van der Waals surface area contributed by atoms with E-state index < -0.39 is 5.54 Å². The van der Waals surface area contributed by atoms with Gasteiger partial charge in [0, 0.05) is 44.6 Å². The first-order chi connectivity index (χ1) is 16.5. The molecule has 0 atom stereocenters. The van der Waals surface area contributed by atoms with Gasteiger partial charge in [0.1, 0.15) is 5.82 Å². The van der Waals surface area contributed by atoms with Crippen LogP contribution in [-0.2, 0) is 21.1 Å². The quantitative estimate of drug-likeness (QED) is 0.210. The van der Waals surface area contributed by atoms with Crippen LogP contribution in [0.25, 0.3) is 5.48 Å². The minimum absolute atomic E-state index is 0. The molecule has 2 heterocycles. The largest absolute Gasteiger partial charge is 0.540 e. The van der Waals surface area contributed by atoms with Gasteiger partial charge in [-0.2, -0.15) is 0 Å². The summed E-state index contributed by atoms with van der Waals surface area (Å²) in [5.41, 5.74) is 4.57. The predicted molar refractivity (Wildman–Crippen MR) is 145 cm³/mol. The molecule has 0 spiro atoms. The number of nitrogens with one attached hydrogen (secondary N) is 2. The summed E-state index contributed by atoms with van der Waals surface area (Å²) >= 11 is 1.57. The third-order valence-corrected chi connectivity index (χ3v) is 7.10. The van der Waals surface area contributed by atoms with Gasteiger partial charge in [-0.1, -0.05) is 32.0 Å². The van der Waals surface area contributed by atoms with E-state index in [1.165, 1.54) is 0 Å². The molecule has 1 aliphatic heterocycles. The van der Waals surface area contributed by atoms with Gasteiger partial charge in [0.2, 0.25) is 5.88 Å². The molecule has 2 aromatic rings. The molecule has 0 saturated carbocycles. The van der Waals surface area contributed by atoms with Crippen molar-refractivity contribution in [2.24, 2.45) is 11.8 Å². The van der Waals surface area contributed by atoms with Gasteiger partial charge in [0.25, 0.3) is 0 Å². The molecule has 1 aromatic carbocycles. The Hall–Kier alpha value is -1.54. The molecule has 0 unspecified atom stereocenters. The zero-order valence-corrected chi connectivity index (χ0v) is 26.3. The number of nitrogens with zero attached hydrogens (tertiary/aromatic N) is 4. The first-order valence-electron chi connectivity index (χ1n) is 12.4. The third kappa shape index (κ3) is 9.40. The van der Waals surface area contributed by atoms with Crippen LogP contribution in [0.15, 0.2) is 35.4 Å². The summed E-state index contributed by atoms with van der Waals surface area (Å²) in [5.74, 6) is 3.04. The average Bonchev–Trinajstić information content (AvgIpc) is 2.81. The number of aliphatic hydroxyl groups excluding tert-OH is 1. The Labute approximate surface area is 235 Å². The monoisotopic (exact) mass is 685 g/mol. The number of rotatable bonds is 10. The standard InChI is InChI=1S/C26H41N6O2S.W/c1-18(2)19-11-13-32(14-12-19)23-24(27-16-22(28-23)29-26(6,7)17-33)34-30-20-9-8-10-21(15-20)35-31-25(3,4)5;/h8-10,15-16,18-19,31,33H,11-14,17H2,1-7H3,(H,28,29);/q-1;. The van der Waals surface area contributed by atoms with E-state index >= 15 is 0 Å². The molecular formula is C26H41N6O2SW-. The van der Waals surface area contributed by atoms with Crippen LogP contribution in [0, 0.1) is 11.8 Å². The van der Waals surface area contributed by atoms with Crippen molar-refractivity contribution < 1.29 is 31.0 Å². The fourth-order valence-electron chi connectivity index (χ4n) is 3.77. The molecule has 0 radical (unpaired) electrons. The molecule has 8 nitrogen and oxygen atoms in total. The van der Waals surface area contributed by atoms with Crippen molar-refractivity contribution in [3.05, 3.63) is 35.9 Å². The topological polar surface area (TPSA) is 96.6 Å². The Morgan fingerprint density at radius 2 is 1.89 bits per heavy atom. The maximum absolute atomic E-state index is 9.66. The van der Waals surface area contributed by atoms with E-state index in [-0.39, 0.29) is 33.2 Å². The maximum atomic E-state index is 9.66. The van der Waals surface area contributed by atoms with Gasteiger partial charge in [0.05, 0.1) is 18.3 Å². The van der Waals surface area contributed by atoms with Crippen LogP contribution in [0.2, 0.25) is 0 Å². The van der Waals surface area contributed by atoms with E-state index in [2.05, 4.69) is 60.0 Å². The molecule has 200 valence electrons. The summed E-state index contributed by atoms with van der Waals surface area (Å²) in [5, 5.41) is 12.9. The number of aromatic nitrogens is 2. The zero-order chi connectivity index (χ0) is 25.6. The summed E-state index contributed by atoms with van der Waals surface area (Å²) in [6, 6.07) is 7.88. The Kier molecular flexibility index (Phi) is 11.3. The number of hydrogen-bond donors (Lipinski definition) is 3. The van der Waals surface area contributed by atoms with Gasteiger partial charge < -0.3 is 25.6 Å². The van der Waals surface area contributed by atoms with Crippen molar-refractivity contribution >= 4 is 29.3 Å². The van der Waals surface area contributed by atoms with Crippen molar-refractivity contribution in [3.63, 3.8) is 0 Å². The average molecular weight is 686 g/mol. The summed E-state index contributed by atoms with van der Waals surface area (Å²) in [4.78, 5) is 18.5. The van der Waals surface area contributed by atoms with Crippen LogP contribution in [0.3, 0.4) is 0 Å². The van der Waals surface area contributed by atoms with Gasteiger partial charge >= 0.3 is 0 Å². The van der Waals surface area contributed by atoms with E-state index in [1.54, 1.807) is 18.1 Å². The molecule has 0 aliphatic carbocycles. The fourth-order valence-corrected chi connectivity index (χ4v) is 4.53. The van der Waals surface area contributed by atoms with E-state index in [9.17, 15) is 5.11 Å². The van der Waals surface area contributed by atoms with Crippen molar-refractivity contribution in [3.8, 4) is 5.88 Å². The summed E-state index contributed by atoms with van der Waals surface area (Å²) in [7, 11) is 0. The maximum Gasteiger partial charge on any atom is 0.247 e. The summed E-state index contributed by atoms with van der Waals surface area (Å²) in [6.07, 6.45) is 3.84. The minimum Gasteiger partial charge on any atom is -0.540 e. The molecule has 1 aliphatic rings. The minimum atomic E-state index is -0.511. The molecule has 36 heavy (non-hydrogen) atoms. The Morgan fingerprint density at radius 3 is 2.50 bits per heavy atom. The molecule has 1 fully saturated rings. The van der Waals surface area contributed by atoms with Crippen LogP contribution in [0.5, 0.6) is 5.88 Å². The van der Waals surface area contributed by atoms with Crippen LogP contribution < -0.4 is 19.8 Å². The Balaban J connectivity index is 0.00000456. The smallest absolute Gasteiger partial charge is 0.247 e. The third-order valence-electron chi connectivity index (χ3n) is 5.90. The van der Waals surface area contributed by atoms with Crippen molar-refractivity contribution in [1.29, 1.82) is 0 Å². The number of aliphatic hydroxyl groups is 1. The molecule has 0 bridgehead atoms. The number of benzene rings is 1. The molecular weight excluding hydrogens is 644 g/mol. The van der Waals surface area contributed by atoms with Crippen LogP contribution in [0.1, 0.15) is 61.3 Å². The van der Waals surface area contributed by atoms with Gasteiger partial charge in [-0.25, -0.2) is 9.97 Å². The van der Waals surface area contributed by atoms with E-state index in [0.29, 0.717) is 35.0 Å². The summed E-state index contributed by atoms with van der Waals surface area (Å²) in [6.45, 7) is 16.6. The molecule has 1 aromatic heterocycles. The fraction of sp³-hybridized carbons (Fsp3) is 0.615. The molecule has 3 N–H and O–H groups in total. The molecule has 1 saturated heterocycles. The Bertz CT molecular complexity index is 962. The van der Waals surface area contributed by atoms with E-state index in [4.69, 9.17) is 9.82 Å². The van der Waals surface area contributed by atoms with E-state index in [1.807, 2.05) is 38.1 Å². The van der Waals surface area contributed by atoms with Crippen LogP contribution in [-0.4, -0.2) is 45.8 Å². The number of anilines is 2. The molecule has 0 amide bonds. The zero-order valence-electron chi connectivity index (χ0n) is 22.5.